The lowest BCUT2D eigenvalue weighted by molar-refractivity contribution is -0.274. The van der Waals surface area contributed by atoms with Crippen LogP contribution in [0.4, 0.5) is 13.2 Å². The number of ether oxygens (including phenoxy) is 1. The number of nitrogens with zero attached hydrogens (tertiary/aromatic N) is 3. The smallest absolute Gasteiger partial charge is 0.406 e. The molecule has 4 rings (SSSR count). The number of aromatic amines is 1. The molecule has 3 aromatic rings. The van der Waals surface area contributed by atoms with E-state index in [0.29, 0.717) is 12.8 Å². The molecule has 12 heteroatoms. The van der Waals surface area contributed by atoms with Gasteiger partial charge in [-0.05, 0) is 42.0 Å². The standard InChI is InChI=1S/C20H19F3N4O4S/c21-20(22,23)31-16-2-4-17(5-3-16)32(28,29)27-9-7-15(8-10-27)26-30-12-14-1-6-18-19(11-14)25-13-24-18/h1-6,11,13H,7-10,12H2,(H,24,25). The SMILES string of the molecule is O=S(=O)(c1ccc(OC(F)(F)F)cc1)N1CCC(=NOCc2ccc3[nH]cnc3c2)CC1. The number of piperidine rings is 1. The van der Waals surface area contributed by atoms with E-state index in [2.05, 4.69) is 19.9 Å². The number of sulfonamides is 1. The third-order valence-electron chi connectivity index (χ3n) is 4.91. The number of halogens is 3. The van der Waals surface area contributed by atoms with Crippen LogP contribution < -0.4 is 4.74 Å². The maximum atomic E-state index is 12.8. The predicted octanol–water partition coefficient (Wildman–Crippen LogP) is 3.82. The van der Waals surface area contributed by atoms with Crippen molar-refractivity contribution in [3.63, 3.8) is 0 Å². The molecule has 0 saturated carbocycles. The number of benzene rings is 2. The topological polar surface area (TPSA) is 96.9 Å². The molecule has 0 radical (unpaired) electrons. The first-order valence-corrected chi connectivity index (χ1v) is 11.1. The molecule has 0 amide bonds. The molecule has 0 aliphatic carbocycles. The van der Waals surface area contributed by atoms with E-state index in [0.717, 1.165) is 46.6 Å². The Morgan fingerprint density at radius 1 is 1.09 bits per heavy atom. The van der Waals surface area contributed by atoms with Crippen LogP contribution in [0.15, 0.2) is 58.8 Å². The summed E-state index contributed by atoms with van der Waals surface area (Å²) in [5.41, 5.74) is 3.41. The predicted molar refractivity (Wildman–Crippen MR) is 109 cm³/mol. The van der Waals surface area contributed by atoms with Crippen molar-refractivity contribution >= 4 is 26.8 Å². The number of alkyl halides is 3. The number of rotatable bonds is 6. The summed E-state index contributed by atoms with van der Waals surface area (Å²) in [5.74, 6) is -0.479. The Morgan fingerprint density at radius 3 is 2.50 bits per heavy atom. The molecule has 1 saturated heterocycles. The minimum Gasteiger partial charge on any atom is -0.406 e. The van der Waals surface area contributed by atoms with Gasteiger partial charge >= 0.3 is 6.36 Å². The molecular weight excluding hydrogens is 449 g/mol. The summed E-state index contributed by atoms with van der Waals surface area (Å²) in [6.45, 7) is 0.662. The summed E-state index contributed by atoms with van der Waals surface area (Å²) in [5, 5.41) is 4.12. The van der Waals surface area contributed by atoms with Gasteiger partial charge in [-0.15, -0.1) is 13.2 Å². The zero-order chi connectivity index (χ0) is 22.8. The van der Waals surface area contributed by atoms with Crippen LogP contribution in [0.1, 0.15) is 18.4 Å². The number of oxime groups is 1. The zero-order valence-corrected chi connectivity index (χ0v) is 17.5. The van der Waals surface area contributed by atoms with Crippen LogP contribution in [0.25, 0.3) is 11.0 Å². The fourth-order valence-electron chi connectivity index (χ4n) is 3.30. The van der Waals surface area contributed by atoms with Crippen LogP contribution in [0.5, 0.6) is 5.75 Å². The molecule has 170 valence electrons. The van der Waals surface area contributed by atoms with Gasteiger partial charge in [-0.25, -0.2) is 13.4 Å². The molecular formula is C20H19F3N4O4S. The van der Waals surface area contributed by atoms with Gasteiger partial charge < -0.3 is 14.6 Å². The van der Waals surface area contributed by atoms with Crippen LogP contribution in [-0.2, 0) is 21.5 Å². The van der Waals surface area contributed by atoms with Crippen LogP contribution in [0.2, 0.25) is 0 Å². The molecule has 1 fully saturated rings. The Labute approximate surface area is 181 Å². The highest BCUT2D eigenvalue weighted by atomic mass is 32.2. The van der Waals surface area contributed by atoms with Crippen LogP contribution in [0, 0.1) is 0 Å². The molecule has 0 spiro atoms. The number of hydrogen-bond acceptors (Lipinski definition) is 6. The monoisotopic (exact) mass is 468 g/mol. The van der Waals surface area contributed by atoms with Crippen molar-refractivity contribution in [2.75, 3.05) is 13.1 Å². The van der Waals surface area contributed by atoms with E-state index >= 15 is 0 Å². The third-order valence-corrected chi connectivity index (χ3v) is 6.82. The number of nitrogens with one attached hydrogen (secondary N) is 1. The maximum Gasteiger partial charge on any atom is 0.573 e. The summed E-state index contributed by atoms with van der Waals surface area (Å²) in [6, 6.07) is 9.85. The fraction of sp³-hybridized carbons (Fsp3) is 0.300. The average molecular weight is 468 g/mol. The minimum absolute atomic E-state index is 0.0996. The van der Waals surface area contributed by atoms with E-state index in [-0.39, 0.29) is 24.6 Å². The molecule has 2 heterocycles. The van der Waals surface area contributed by atoms with Crippen molar-refractivity contribution in [3.05, 3.63) is 54.4 Å². The highest BCUT2D eigenvalue weighted by Crippen LogP contribution is 2.26. The Balaban J connectivity index is 1.32. The van der Waals surface area contributed by atoms with Gasteiger partial charge in [-0.2, -0.15) is 4.31 Å². The van der Waals surface area contributed by atoms with Crippen molar-refractivity contribution in [2.45, 2.75) is 30.7 Å². The van der Waals surface area contributed by atoms with E-state index in [4.69, 9.17) is 4.84 Å². The molecule has 32 heavy (non-hydrogen) atoms. The maximum absolute atomic E-state index is 12.8. The molecule has 0 bridgehead atoms. The molecule has 1 aliphatic rings. The van der Waals surface area contributed by atoms with E-state index in [1.54, 1.807) is 6.33 Å². The first kappa shape index (κ1) is 22.1. The largest absolute Gasteiger partial charge is 0.573 e. The summed E-state index contributed by atoms with van der Waals surface area (Å²) >= 11 is 0. The molecule has 1 aliphatic heterocycles. The second kappa shape index (κ2) is 8.79. The van der Waals surface area contributed by atoms with E-state index in [9.17, 15) is 21.6 Å². The van der Waals surface area contributed by atoms with Crippen LogP contribution in [0.3, 0.4) is 0 Å². The molecule has 0 atom stereocenters. The number of H-pyrrole nitrogens is 1. The van der Waals surface area contributed by atoms with Crippen LogP contribution in [-0.4, -0.2) is 47.9 Å². The van der Waals surface area contributed by atoms with Gasteiger partial charge in [0.15, 0.2) is 0 Å². The second-order valence-corrected chi connectivity index (χ2v) is 9.05. The lowest BCUT2D eigenvalue weighted by Gasteiger charge is -2.26. The van der Waals surface area contributed by atoms with Crippen LogP contribution >= 0.6 is 0 Å². The van der Waals surface area contributed by atoms with Crippen molar-refractivity contribution in [2.24, 2.45) is 5.16 Å². The van der Waals surface area contributed by atoms with Gasteiger partial charge in [0.25, 0.3) is 0 Å². The van der Waals surface area contributed by atoms with Gasteiger partial charge in [-0.3, -0.25) is 0 Å². The van der Waals surface area contributed by atoms with E-state index in [1.807, 2.05) is 18.2 Å². The van der Waals surface area contributed by atoms with E-state index in [1.165, 1.54) is 4.31 Å². The summed E-state index contributed by atoms with van der Waals surface area (Å²) in [4.78, 5) is 12.5. The molecule has 8 nitrogen and oxygen atoms in total. The van der Waals surface area contributed by atoms with Crippen molar-refractivity contribution in [3.8, 4) is 5.75 Å². The Hall–Kier alpha value is -3.12. The van der Waals surface area contributed by atoms with Gasteiger partial charge in [0.2, 0.25) is 10.0 Å². The number of hydrogen-bond donors (Lipinski definition) is 1. The molecule has 2 aromatic carbocycles. The summed E-state index contributed by atoms with van der Waals surface area (Å²) in [7, 11) is -3.83. The minimum atomic E-state index is -4.84. The van der Waals surface area contributed by atoms with Crippen molar-refractivity contribution in [1.82, 2.24) is 14.3 Å². The lowest BCUT2D eigenvalue weighted by Crippen LogP contribution is -2.38. The Kier molecular flexibility index (Phi) is 6.07. The fourth-order valence-corrected chi connectivity index (χ4v) is 4.75. The first-order valence-electron chi connectivity index (χ1n) is 9.66. The second-order valence-electron chi connectivity index (χ2n) is 7.11. The average Bonchev–Trinajstić information content (AvgIpc) is 3.21. The summed E-state index contributed by atoms with van der Waals surface area (Å²) in [6.07, 6.45) is -2.43. The zero-order valence-electron chi connectivity index (χ0n) is 16.7. The Bertz CT molecular complexity index is 1210. The summed E-state index contributed by atoms with van der Waals surface area (Å²) < 4.78 is 67.4. The first-order chi connectivity index (χ1) is 15.2. The number of aromatic nitrogens is 2. The Morgan fingerprint density at radius 2 is 1.81 bits per heavy atom. The quantitative estimate of drug-likeness (QED) is 0.555. The van der Waals surface area contributed by atoms with Crippen molar-refractivity contribution in [1.29, 1.82) is 0 Å². The number of fused-ring (bicyclic) bond motifs is 1. The molecule has 1 N–H and O–H groups in total. The normalized spacial score (nSPS) is 15.7. The van der Waals surface area contributed by atoms with Gasteiger partial charge in [-0.1, -0.05) is 11.2 Å². The van der Waals surface area contributed by atoms with E-state index < -0.39 is 22.1 Å². The highest BCUT2D eigenvalue weighted by molar-refractivity contribution is 7.89. The number of imidazole rings is 1. The molecule has 0 unspecified atom stereocenters. The molecule has 1 aromatic heterocycles. The van der Waals surface area contributed by atoms with Gasteiger partial charge in [0, 0.05) is 25.9 Å². The van der Waals surface area contributed by atoms with Gasteiger partial charge in [0.1, 0.15) is 12.4 Å². The third kappa shape index (κ3) is 5.19. The highest BCUT2D eigenvalue weighted by Gasteiger charge is 2.32. The van der Waals surface area contributed by atoms with Crippen molar-refractivity contribution < 1.29 is 31.2 Å². The van der Waals surface area contributed by atoms with Gasteiger partial charge in [0.05, 0.1) is 28.0 Å². The lowest BCUT2D eigenvalue weighted by atomic mass is 10.1.